The van der Waals surface area contributed by atoms with Gasteiger partial charge in [-0.3, -0.25) is 4.90 Å². The molecule has 2 fully saturated rings. The van der Waals surface area contributed by atoms with E-state index >= 15 is 0 Å². The molecule has 1 aliphatic heterocycles. The number of aliphatic hydroxyl groups excluding tert-OH is 1. The van der Waals surface area contributed by atoms with Crippen LogP contribution < -0.4 is 4.74 Å². The molecule has 1 N–H and O–H groups in total. The molecule has 1 aromatic heterocycles. The number of hydrogen-bond acceptors (Lipinski definition) is 7. The van der Waals surface area contributed by atoms with Gasteiger partial charge in [0.25, 0.3) is 0 Å². The molecule has 2 aliphatic rings. The van der Waals surface area contributed by atoms with Crippen molar-refractivity contribution in [2.24, 2.45) is 0 Å². The summed E-state index contributed by atoms with van der Waals surface area (Å²) < 4.78 is 16.9. The monoisotopic (exact) mass is 468 g/mol. The maximum absolute atomic E-state index is 11.7. The van der Waals surface area contributed by atoms with Gasteiger partial charge < -0.3 is 19.3 Å². The average Bonchev–Trinajstić information content (AvgIpc) is 3.21. The van der Waals surface area contributed by atoms with Crippen LogP contribution in [0.5, 0.6) is 5.88 Å². The highest BCUT2D eigenvalue weighted by Crippen LogP contribution is 2.37. The number of carbonyl (C=O) groups is 1. The molecule has 0 radical (unpaired) electrons. The molecular formula is C27H36N2O5. The number of carbonyl (C=O) groups excluding carboxylic acids is 1. The van der Waals surface area contributed by atoms with Crippen LogP contribution in [0.25, 0.3) is 0 Å². The van der Waals surface area contributed by atoms with Gasteiger partial charge in [-0.05, 0) is 56.6 Å². The van der Waals surface area contributed by atoms with Crippen molar-refractivity contribution in [3.8, 4) is 5.88 Å². The Bertz CT molecular complexity index is 901. The molecule has 1 aromatic carbocycles. The smallest absolute Gasteiger partial charge is 0.344 e. The van der Waals surface area contributed by atoms with Crippen molar-refractivity contribution in [3.63, 3.8) is 0 Å². The number of ether oxygens (including phenoxy) is 3. The maximum Gasteiger partial charge on any atom is 0.344 e. The van der Waals surface area contributed by atoms with E-state index in [0.717, 1.165) is 50.8 Å². The maximum atomic E-state index is 11.7. The van der Waals surface area contributed by atoms with Crippen molar-refractivity contribution in [1.29, 1.82) is 0 Å². The van der Waals surface area contributed by atoms with Gasteiger partial charge in [0.1, 0.15) is 0 Å². The number of hydrogen-bond donors (Lipinski definition) is 1. The number of aromatic nitrogens is 1. The number of nitrogens with zero attached hydrogens (tertiary/aromatic N) is 2. The van der Waals surface area contributed by atoms with Crippen molar-refractivity contribution < 1.29 is 24.1 Å². The van der Waals surface area contributed by atoms with Crippen LogP contribution in [0.15, 0.2) is 48.7 Å². The van der Waals surface area contributed by atoms with Gasteiger partial charge in [0.2, 0.25) is 5.88 Å². The molecule has 0 unspecified atom stereocenters. The molecule has 1 aliphatic carbocycles. The second-order valence-electron chi connectivity index (χ2n) is 9.18. The third-order valence-corrected chi connectivity index (χ3v) is 6.90. The lowest BCUT2D eigenvalue weighted by molar-refractivity contribution is -0.145. The van der Waals surface area contributed by atoms with E-state index in [9.17, 15) is 9.90 Å². The second kappa shape index (κ2) is 12.3. The fourth-order valence-electron chi connectivity index (χ4n) is 5.07. The molecule has 184 valence electrons. The van der Waals surface area contributed by atoms with Crippen LogP contribution in [-0.2, 0) is 20.8 Å². The molecule has 4 rings (SSSR count). The molecule has 0 amide bonds. The van der Waals surface area contributed by atoms with E-state index in [1.165, 1.54) is 5.56 Å². The first-order chi connectivity index (χ1) is 16.6. The summed E-state index contributed by atoms with van der Waals surface area (Å²) in [4.78, 5) is 18.4. The third-order valence-electron chi connectivity index (χ3n) is 6.90. The van der Waals surface area contributed by atoms with Crippen LogP contribution >= 0.6 is 0 Å². The van der Waals surface area contributed by atoms with Crippen molar-refractivity contribution in [2.45, 2.75) is 69.7 Å². The van der Waals surface area contributed by atoms with E-state index in [-0.39, 0.29) is 30.8 Å². The number of pyridine rings is 1. The van der Waals surface area contributed by atoms with Crippen LogP contribution in [-0.4, -0.2) is 65.6 Å². The van der Waals surface area contributed by atoms with Crippen molar-refractivity contribution >= 4 is 5.97 Å². The molecule has 2 heterocycles. The summed E-state index contributed by atoms with van der Waals surface area (Å²) in [5, 5.41) is 10.5. The first-order valence-electron chi connectivity index (χ1n) is 12.4. The van der Waals surface area contributed by atoms with E-state index in [0.29, 0.717) is 25.0 Å². The topological polar surface area (TPSA) is 81.1 Å². The molecule has 1 saturated carbocycles. The van der Waals surface area contributed by atoms with Crippen LogP contribution in [0.1, 0.15) is 56.1 Å². The predicted octanol–water partition coefficient (Wildman–Crippen LogP) is 3.70. The molecule has 7 heteroatoms. The Morgan fingerprint density at radius 2 is 1.88 bits per heavy atom. The van der Waals surface area contributed by atoms with Crippen molar-refractivity contribution in [3.05, 3.63) is 59.8 Å². The van der Waals surface area contributed by atoms with E-state index in [4.69, 9.17) is 14.2 Å². The average molecular weight is 469 g/mol. The Morgan fingerprint density at radius 3 is 2.65 bits per heavy atom. The molecular weight excluding hydrogens is 432 g/mol. The Labute approximate surface area is 202 Å². The standard InChI is InChI=1S/C27H36N2O5/c1-2-32-26(31)19-34-27-23(9-6-15-28-27)21-10-12-22(13-11-21)33-18-24-25(30)14-16-29(24)17-20-7-4-3-5-8-20/h3-9,15,21-22,24-25,30H,2,10-14,16-19H2,1H3/t21?,22?,24-,25+/m0/s1. The largest absolute Gasteiger partial charge is 0.465 e. The molecule has 2 aromatic rings. The summed E-state index contributed by atoms with van der Waals surface area (Å²) in [5.41, 5.74) is 2.31. The quantitative estimate of drug-likeness (QED) is 0.533. The lowest BCUT2D eigenvalue weighted by Crippen LogP contribution is -2.40. The summed E-state index contributed by atoms with van der Waals surface area (Å²) in [7, 11) is 0. The molecule has 34 heavy (non-hydrogen) atoms. The van der Waals surface area contributed by atoms with Gasteiger partial charge >= 0.3 is 5.97 Å². The Morgan fingerprint density at radius 1 is 1.09 bits per heavy atom. The Hall–Kier alpha value is -2.48. The molecule has 7 nitrogen and oxygen atoms in total. The van der Waals surface area contributed by atoms with Gasteiger partial charge in [-0.2, -0.15) is 0 Å². The lowest BCUT2D eigenvalue weighted by Gasteiger charge is -2.32. The zero-order valence-corrected chi connectivity index (χ0v) is 20.0. The summed E-state index contributed by atoms with van der Waals surface area (Å²) in [6, 6.07) is 14.4. The summed E-state index contributed by atoms with van der Waals surface area (Å²) >= 11 is 0. The van der Waals surface area contributed by atoms with E-state index in [2.05, 4.69) is 34.1 Å². The highest BCUT2D eigenvalue weighted by atomic mass is 16.6. The van der Waals surface area contributed by atoms with E-state index in [1.54, 1.807) is 13.1 Å². The first kappa shape index (κ1) is 24.6. The predicted molar refractivity (Wildman–Crippen MR) is 129 cm³/mol. The zero-order valence-electron chi connectivity index (χ0n) is 20.0. The lowest BCUT2D eigenvalue weighted by atomic mass is 9.83. The van der Waals surface area contributed by atoms with Gasteiger partial charge in [-0.15, -0.1) is 0 Å². The number of esters is 1. The van der Waals surface area contributed by atoms with Gasteiger partial charge in [0.05, 0.1) is 31.5 Å². The van der Waals surface area contributed by atoms with E-state index in [1.807, 2.05) is 18.2 Å². The van der Waals surface area contributed by atoms with Gasteiger partial charge in [-0.25, -0.2) is 9.78 Å². The minimum Gasteiger partial charge on any atom is -0.465 e. The second-order valence-corrected chi connectivity index (χ2v) is 9.18. The van der Waals surface area contributed by atoms with Crippen LogP contribution in [0, 0.1) is 0 Å². The van der Waals surface area contributed by atoms with Crippen molar-refractivity contribution in [1.82, 2.24) is 9.88 Å². The highest BCUT2D eigenvalue weighted by Gasteiger charge is 2.34. The zero-order chi connectivity index (χ0) is 23.8. The number of likely N-dealkylation sites (tertiary alicyclic amines) is 1. The summed E-state index contributed by atoms with van der Waals surface area (Å²) in [6.45, 7) is 4.28. The fraction of sp³-hybridized carbons (Fsp3) is 0.556. The molecule has 0 spiro atoms. The summed E-state index contributed by atoms with van der Waals surface area (Å²) in [5.74, 6) is 0.467. The Kier molecular flexibility index (Phi) is 8.91. The van der Waals surface area contributed by atoms with Gasteiger partial charge in [0, 0.05) is 24.8 Å². The number of benzene rings is 1. The van der Waals surface area contributed by atoms with Gasteiger partial charge in [0.15, 0.2) is 6.61 Å². The number of aliphatic hydroxyl groups is 1. The summed E-state index contributed by atoms with van der Waals surface area (Å²) in [6.07, 6.45) is 6.21. The molecule has 0 bridgehead atoms. The van der Waals surface area contributed by atoms with Crippen molar-refractivity contribution in [2.75, 3.05) is 26.4 Å². The highest BCUT2D eigenvalue weighted by molar-refractivity contribution is 5.71. The van der Waals surface area contributed by atoms with Crippen LogP contribution in [0.4, 0.5) is 0 Å². The Balaban J connectivity index is 1.26. The number of rotatable bonds is 10. The fourth-order valence-corrected chi connectivity index (χ4v) is 5.07. The normalized spacial score (nSPS) is 25.2. The van der Waals surface area contributed by atoms with Crippen LogP contribution in [0.3, 0.4) is 0 Å². The van der Waals surface area contributed by atoms with Gasteiger partial charge in [-0.1, -0.05) is 36.4 Å². The SMILES string of the molecule is CCOC(=O)COc1ncccc1C1CCC(OC[C@H]2[C@H](O)CCN2Cc2ccccc2)CC1. The van der Waals surface area contributed by atoms with E-state index < -0.39 is 0 Å². The molecule has 1 saturated heterocycles. The first-order valence-corrected chi connectivity index (χ1v) is 12.4. The minimum absolute atomic E-state index is 0.0409. The molecule has 2 atom stereocenters. The third kappa shape index (κ3) is 6.56. The van der Waals surface area contributed by atoms with Crippen LogP contribution in [0.2, 0.25) is 0 Å². The minimum atomic E-state index is -0.383.